The van der Waals surface area contributed by atoms with Crippen LogP contribution in [-0.2, 0) is 0 Å². The number of hydrogen-bond acceptors (Lipinski definition) is 3. The lowest BCUT2D eigenvalue weighted by Crippen LogP contribution is -1.95. The van der Waals surface area contributed by atoms with Crippen molar-refractivity contribution in [1.82, 2.24) is 0 Å². The number of phenols is 1. The Bertz CT molecular complexity index is 291. The molecule has 0 bridgehead atoms. The zero-order valence-electron chi connectivity index (χ0n) is 6.53. The predicted molar refractivity (Wildman–Crippen MR) is 43.8 cm³/mol. The number of rotatable bonds is 3. The normalized spacial score (nSPS) is 8.92. The molecular weight excluding hydrogens is 154 g/mol. The molecule has 0 aliphatic carbocycles. The van der Waals surface area contributed by atoms with Crippen LogP contribution in [0.15, 0.2) is 24.3 Å². The van der Waals surface area contributed by atoms with Crippen LogP contribution in [0.3, 0.4) is 0 Å². The fraction of sp³-hybridized carbons (Fsp3) is 0.222. The second kappa shape index (κ2) is 4.24. The van der Waals surface area contributed by atoms with Crippen molar-refractivity contribution in [3.63, 3.8) is 0 Å². The summed E-state index contributed by atoms with van der Waals surface area (Å²) in [6.45, 7) is 0.314. The first-order chi connectivity index (χ1) is 5.84. The Hall–Kier alpha value is -1.69. The molecular formula is C9H9NO2. The van der Waals surface area contributed by atoms with Crippen molar-refractivity contribution in [2.45, 2.75) is 6.42 Å². The molecule has 0 spiro atoms. The molecule has 0 unspecified atom stereocenters. The van der Waals surface area contributed by atoms with Gasteiger partial charge in [0.25, 0.3) is 0 Å². The highest BCUT2D eigenvalue weighted by atomic mass is 16.5. The van der Waals surface area contributed by atoms with Crippen LogP contribution in [0, 0.1) is 11.3 Å². The number of aromatic hydroxyl groups is 1. The molecule has 0 aliphatic heterocycles. The van der Waals surface area contributed by atoms with Crippen LogP contribution < -0.4 is 4.74 Å². The van der Waals surface area contributed by atoms with E-state index < -0.39 is 0 Å². The van der Waals surface area contributed by atoms with Crippen molar-refractivity contribution in [2.24, 2.45) is 0 Å². The van der Waals surface area contributed by atoms with Crippen LogP contribution in [-0.4, -0.2) is 11.7 Å². The van der Waals surface area contributed by atoms with Crippen LogP contribution in [0.4, 0.5) is 0 Å². The summed E-state index contributed by atoms with van der Waals surface area (Å²) in [7, 11) is 0. The number of para-hydroxylation sites is 2. The first kappa shape index (κ1) is 8.41. The van der Waals surface area contributed by atoms with Gasteiger partial charge in [-0.3, -0.25) is 0 Å². The Morgan fingerprint density at radius 3 is 2.83 bits per heavy atom. The topological polar surface area (TPSA) is 53.2 Å². The SMILES string of the molecule is N#CCCOc1ccccc1O. The van der Waals surface area contributed by atoms with E-state index in [1.54, 1.807) is 24.3 Å². The van der Waals surface area contributed by atoms with E-state index in [2.05, 4.69) is 0 Å². The number of hydrogen-bond donors (Lipinski definition) is 1. The van der Waals surface area contributed by atoms with Gasteiger partial charge in [0.2, 0.25) is 0 Å². The second-order valence-electron chi connectivity index (χ2n) is 2.22. The van der Waals surface area contributed by atoms with Crippen LogP contribution in [0.5, 0.6) is 11.5 Å². The molecule has 0 amide bonds. The minimum Gasteiger partial charge on any atom is -0.504 e. The van der Waals surface area contributed by atoms with Crippen molar-refractivity contribution in [3.8, 4) is 17.6 Å². The van der Waals surface area contributed by atoms with E-state index >= 15 is 0 Å². The zero-order chi connectivity index (χ0) is 8.81. The Labute approximate surface area is 70.8 Å². The Morgan fingerprint density at radius 1 is 1.42 bits per heavy atom. The molecule has 1 aromatic carbocycles. The van der Waals surface area contributed by atoms with E-state index in [0.717, 1.165) is 0 Å². The van der Waals surface area contributed by atoms with E-state index in [4.69, 9.17) is 10.00 Å². The first-order valence-corrected chi connectivity index (χ1v) is 3.62. The minimum atomic E-state index is 0.107. The lowest BCUT2D eigenvalue weighted by Gasteiger charge is -2.04. The smallest absolute Gasteiger partial charge is 0.160 e. The molecule has 1 aromatic rings. The van der Waals surface area contributed by atoms with Crippen molar-refractivity contribution in [1.29, 1.82) is 5.26 Å². The van der Waals surface area contributed by atoms with Gasteiger partial charge in [-0.05, 0) is 12.1 Å². The maximum absolute atomic E-state index is 9.20. The van der Waals surface area contributed by atoms with Crippen LogP contribution in [0.2, 0.25) is 0 Å². The van der Waals surface area contributed by atoms with Gasteiger partial charge >= 0.3 is 0 Å². The summed E-state index contributed by atoms with van der Waals surface area (Å²) in [4.78, 5) is 0. The number of phenolic OH excluding ortho intramolecular Hbond substituents is 1. The number of ether oxygens (including phenoxy) is 1. The van der Waals surface area contributed by atoms with Crippen LogP contribution in [0.25, 0.3) is 0 Å². The third kappa shape index (κ3) is 2.17. The summed E-state index contributed by atoms with van der Waals surface area (Å²) < 4.78 is 5.10. The van der Waals surface area contributed by atoms with Crippen molar-refractivity contribution in [3.05, 3.63) is 24.3 Å². The Kier molecular flexibility index (Phi) is 2.97. The fourth-order valence-electron chi connectivity index (χ4n) is 0.786. The standard InChI is InChI=1S/C9H9NO2/c10-6-3-7-12-9-5-2-1-4-8(9)11/h1-2,4-5,11H,3,7H2. The van der Waals surface area contributed by atoms with Gasteiger partial charge in [-0.1, -0.05) is 12.1 Å². The quantitative estimate of drug-likeness (QED) is 0.690. The molecule has 0 fully saturated rings. The lowest BCUT2D eigenvalue weighted by molar-refractivity contribution is 0.307. The second-order valence-corrected chi connectivity index (χ2v) is 2.22. The van der Waals surface area contributed by atoms with Gasteiger partial charge in [0.15, 0.2) is 11.5 Å². The fourth-order valence-corrected chi connectivity index (χ4v) is 0.786. The Balaban J connectivity index is 2.53. The monoisotopic (exact) mass is 163 g/mol. The van der Waals surface area contributed by atoms with Crippen LogP contribution >= 0.6 is 0 Å². The molecule has 3 nitrogen and oxygen atoms in total. The van der Waals surface area contributed by atoms with Gasteiger partial charge in [0.1, 0.15) is 6.61 Å². The van der Waals surface area contributed by atoms with Crippen LogP contribution in [0.1, 0.15) is 6.42 Å². The predicted octanol–water partition coefficient (Wildman–Crippen LogP) is 1.68. The van der Waals surface area contributed by atoms with Gasteiger partial charge in [-0.25, -0.2) is 0 Å². The minimum absolute atomic E-state index is 0.107. The van der Waals surface area contributed by atoms with Gasteiger partial charge < -0.3 is 9.84 Å². The summed E-state index contributed by atoms with van der Waals surface area (Å²) in [5, 5.41) is 17.4. The molecule has 0 saturated heterocycles. The molecule has 3 heteroatoms. The van der Waals surface area contributed by atoms with Crippen molar-refractivity contribution in [2.75, 3.05) is 6.61 Å². The molecule has 0 aromatic heterocycles. The highest BCUT2D eigenvalue weighted by Crippen LogP contribution is 2.24. The van der Waals surface area contributed by atoms with Gasteiger partial charge in [0.05, 0.1) is 12.5 Å². The maximum atomic E-state index is 9.20. The average Bonchev–Trinajstić information content (AvgIpc) is 2.09. The maximum Gasteiger partial charge on any atom is 0.160 e. The number of benzene rings is 1. The van der Waals surface area contributed by atoms with E-state index in [0.29, 0.717) is 18.8 Å². The van der Waals surface area contributed by atoms with Gasteiger partial charge in [-0.2, -0.15) is 5.26 Å². The molecule has 0 saturated carbocycles. The molecule has 0 radical (unpaired) electrons. The molecule has 1 N–H and O–H groups in total. The van der Waals surface area contributed by atoms with Gasteiger partial charge in [-0.15, -0.1) is 0 Å². The van der Waals surface area contributed by atoms with E-state index in [1.807, 2.05) is 6.07 Å². The lowest BCUT2D eigenvalue weighted by atomic mass is 10.3. The number of nitriles is 1. The van der Waals surface area contributed by atoms with Gasteiger partial charge in [0, 0.05) is 0 Å². The largest absolute Gasteiger partial charge is 0.504 e. The summed E-state index contributed by atoms with van der Waals surface area (Å²) in [5.41, 5.74) is 0. The molecule has 0 aliphatic rings. The Morgan fingerprint density at radius 2 is 2.17 bits per heavy atom. The molecule has 0 heterocycles. The molecule has 1 rings (SSSR count). The highest BCUT2D eigenvalue weighted by molar-refractivity contribution is 5.37. The van der Waals surface area contributed by atoms with E-state index in [1.165, 1.54) is 0 Å². The van der Waals surface area contributed by atoms with Crippen molar-refractivity contribution >= 4 is 0 Å². The zero-order valence-corrected chi connectivity index (χ0v) is 6.53. The molecule has 62 valence electrons. The summed E-state index contributed by atoms with van der Waals surface area (Å²) in [6, 6.07) is 8.63. The highest BCUT2D eigenvalue weighted by Gasteiger charge is 1.98. The third-order valence-corrected chi connectivity index (χ3v) is 1.34. The number of nitrogens with zero attached hydrogens (tertiary/aromatic N) is 1. The summed E-state index contributed by atoms with van der Waals surface area (Å²) >= 11 is 0. The summed E-state index contributed by atoms with van der Waals surface area (Å²) in [6.07, 6.45) is 0.328. The van der Waals surface area contributed by atoms with Crippen molar-refractivity contribution < 1.29 is 9.84 Å². The first-order valence-electron chi connectivity index (χ1n) is 3.62. The average molecular weight is 163 g/mol. The third-order valence-electron chi connectivity index (χ3n) is 1.34. The molecule has 0 atom stereocenters. The summed E-state index contributed by atoms with van der Waals surface area (Å²) in [5.74, 6) is 0.531. The van der Waals surface area contributed by atoms with E-state index in [9.17, 15) is 5.11 Å². The molecule has 12 heavy (non-hydrogen) atoms. The van der Waals surface area contributed by atoms with E-state index in [-0.39, 0.29) is 5.75 Å².